The highest BCUT2D eigenvalue weighted by atomic mass is 32.2. The van der Waals surface area contributed by atoms with Crippen LogP contribution in [-0.2, 0) is 40.7 Å². The molecule has 0 atom stereocenters. The lowest BCUT2D eigenvalue weighted by Crippen LogP contribution is -2.58. The second-order valence-electron chi connectivity index (χ2n) is 25.4. The highest BCUT2D eigenvalue weighted by Gasteiger charge is 2.34. The van der Waals surface area contributed by atoms with Crippen LogP contribution in [0.25, 0.3) is 21.8 Å². The minimum atomic E-state index is -3.62. The van der Waals surface area contributed by atoms with Crippen LogP contribution >= 0.6 is 0 Å². The van der Waals surface area contributed by atoms with Gasteiger partial charge in [0.05, 0.1) is 44.4 Å². The van der Waals surface area contributed by atoms with Gasteiger partial charge in [0.25, 0.3) is 24.2 Å². The van der Waals surface area contributed by atoms with Crippen molar-refractivity contribution in [1.82, 2.24) is 61.0 Å². The number of rotatable bonds is 17. The van der Waals surface area contributed by atoms with Crippen LogP contribution in [0.1, 0.15) is 118 Å². The molecule has 7 N–H and O–H groups in total. The predicted molar refractivity (Wildman–Crippen MR) is 414 cm³/mol. The van der Waals surface area contributed by atoms with Gasteiger partial charge in [-0.15, -0.1) is 0 Å². The number of amides is 4. The molecular formula is C80H91N13O14S2. The molecule has 0 radical (unpaired) electrons. The number of aromatic carboxylic acids is 1. The first-order valence-corrected chi connectivity index (χ1v) is 38.6. The first-order valence-electron chi connectivity index (χ1n) is 35.3. The number of nitrogens with zero attached hydrogens (tertiary/aromatic N) is 8. The third-order valence-corrected chi connectivity index (χ3v) is 19.5. The number of carbonyl (C=O) groups is 7. The number of hydrogen-bond acceptors (Lipinski definition) is 22. The van der Waals surface area contributed by atoms with Crippen molar-refractivity contribution in [2.75, 3.05) is 52.4 Å². The van der Waals surface area contributed by atoms with Crippen LogP contribution < -0.4 is 31.7 Å². The van der Waals surface area contributed by atoms with Crippen LogP contribution in [0.2, 0.25) is 0 Å². The highest BCUT2D eigenvalue weighted by Crippen LogP contribution is 2.28. The number of nitrogens with one attached hydrogen (secondary N) is 4. The van der Waals surface area contributed by atoms with Gasteiger partial charge in [-0.05, 0) is 129 Å². The van der Waals surface area contributed by atoms with Gasteiger partial charge in [0.2, 0.25) is 0 Å². The number of nitrogens with two attached hydrogens (primary N) is 1. The Labute approximate surface area is 634 Å². The Bertz CT molecular complexity index is 4750. The summed E-state index contributed by atoms with van der Waals surface area (Å²) in [6.07, 6.45) is 9.54. The quantitative estimate of drug-likeness (QED) is 0.0365. The fourth-order valence-corrected chi connectivity index (χ4v) is 13.5. The van der Waals surface area contributed by atoms with Gasteiger partial charge in [-0.25, -0.2) is 31.4 Å². The van der Waals surface area contributed by atoms with E-state index in [0.29, 0.717) is 89.6 Å². The minimum Gasteiger partial charge on any atom is -0.477 e. The van der Waals surface area contributed by atoms with Gasteiger partial charge in [0.1, 0.15) is 34.1 Å². The van der Waals surface area contributed by atoms with E-state index < -0.39 is 31.2 Å². The topological polar surface area (TPSA) is 384 Å². The van der Waals surface area contributed by atoms with E-state index in [0.717, 1.165) is 37.0 Å². The van der Waals surface area contributed by atoms with Gasteiger partial charge in [-0.3, -0.25) is 48.9 Å². The number of carboxylic acid groups (broad SMARTS) is 1. The number of likely N-dealkylation sites (tertiary alicyclic amines) is 2. The maximum Gasteiger partial charge on any atom is 0.410 e. The second-order valence-corrected chi connectivity index (χ2v) is 29.3. The molecule has 0 bridgehead atoms. The molecule has 10 aromatic rings. The molecule has 0 saturated carbocycles. The molecule has 0 aliphatic carbocycles. The molecule has 4 aliphatic heterocycles. The number of pyridine rings is 6. The number of aromatic nitrogens is 6. The van der Waals surface area contributed by atoms with E-state index in [-0.39, 0.29) is 80.6 Å². The van der Waals surface area contributed by atoms with Crippen molar-refractivity contribution in [3.05, 3.63) is 259 Å². The average Bonchev–Trinajstić information content (AvgIpc) is 0.739. The lowest BCUT2D eigenvalue weighted by Gasteiger charge is -2.39. The van der Waals surface area contributed by atoms with Crippen molar-refractivity contribution in [3.8, 4) is 5.75 Å². The summed E-state index contributed by atoms with van der Waals surface area (Å²) in [5.74, 6) is -1.16. The fraction of sp³-hybridized carbons (Fsp3) is 0.287. The van der Waals surface area contributed by atoms with E-state index >= 15 is 0 Å². The van der Waals surface area contributed by atoms with E-state index in [4.69, 9.17) is 20.3 Å². The molecule has 10 heterocycles. The lowest BCUT2D eigenvalue weighted by molar-refractivity contribution is -0.120. The monoisotopic (exact) mass is 1520 g/mol. The maximum absolute atomic E-state index is 13.1. The number of benzene rings is 4. The Morgan fingerprint density at radius 2 is 0.917 bits per heavy atom. The molecule has 4 aromatic carbocycles. The number of para-hydroxylation sites is 2. The molecule has 4 amide bonds. The fourth-order valence-electron chi connectivity index (χ4n) is 10.4. The van der Waals surface area contributed by atoms with Gasteiger partial charge < -0.3 is 51.4 Å². The Morgan fingerprint density at radius 1 is 0.514 bits per heavy atom. The van der Waals surface area contributed by atoms with Crippen LogP contribution in [0, 0.1) is 5.92 Å². The van der Waals surface area contributed by atoms with Gasteiger partial charge in [0.15, 0.2) is 25.5 Å². The van der Waals surface area contributed by atoms with E-state index in [9.17, 15) is 50.4 Å². The number of sulfone groups is 2. The Morgan fingerprint density at radius 3 is 1.28 bits per heavy atom. The lowest BCUT2D eigenvalue weighted by atomic mass is 9.92. The number of ether oxygens (including phenoxy) is 2. The Hall–Kier alpha value is -11.6. The maximum atomic E-state index is 13.1. The van der Waals surface area contributed by atoms with Gasteiger partial charge >= 0.3 is 12.1 Å². The number of Topliss-reactive ketones (excluding diaryl/α,β-unsaturated/α-hetero) is 1. The normalized spacial score (nSPS) is 13.7. The van der Waals surface area contributed by atoms with Gasteiger partial charge in [-0.2, -0.15) is 0 Å². The average molecular weight is 1520 g/mol. The molecule has 0 spiro atoms. The minimum absolute atomic E-state index is 0.0188. The summed E-state index contributed by atoms with van der Waals surface area (Å²) in [5.41, 5.74) is 9.22. The van der Waals surface area contributed by atoms with Crippen LogP contribution in [0.3, 0.4) is 0 Å². The van der Waals surface area contributed by atoms with Crippen molar-refractivity contribution in [2.45, 2.75) is 99.9 Å². The third-order valence-electron chi connectivity index (χ3n) is 16.0. The molecule has 4 saturated heterocycles. The molecule has 0 unspecified atom stereocenters. The summed E-state index contributed by atoms with van der Waals surface area (Å²) in [6, 6.07) is 51.7. The molecule has 572 valence electrons. The number of carboxylic acids is 1. The van der Waals surface area contributed by atoms with Crippen molar-refractivity contribution in [1.29, 1.82) is 0 Å². The van der Waals surface area contributed by atoms with E-state index in [1.54, 1.807) is 192 Å². The molecule has 4 aliphatic rings. The standard InChI is InChI=1S/C27H23N3O4S.C17H13NO4S.2C9H11N3O.C8H16N2O2.C6H5NO2.2C2H6/c31-24(23-7-1-2-13-28-23)15-20-16-30(17-20)27(32)22-11-9-19(10-12-22)18-35(33,34)25-8-3-5-21-6-4-14-29-26(21)25;19-12-22-15-8-6-13(7-9-15)11-23(20,21)16-5-1-3-14-4-2-10-18-17(14)16;2*13-9(12-7-5-10-6-7)8-3-1-2-4-11-8;1-8(2,3)12-7(11)10-4-6(9)5-10;8-6(9)5-3-1-2-4-7-5;2*1-2/h1-14,20H,15-18H2;1-10,12H,11H2;2*1-4,7,10H,5-6H2,(H,12,13);6H,4-5,9H2,1-3H3;1-4H,(H,8,9);2*1-2H3. The zero-order valence-corrected chi connectivity index (χ0v) is 63.3. The van der Waals surface area contributed by atoms with Crippen LogP contribution in [-0.4, -0.2) is 180 Å². The van der Waals surface area contributed by atoms with Crippen molar-refractivity contribution >= 4 is 83.5 Å². The second kappa shape index (κ2) is 42.1. The molecule has 14 rings (SSSR count). The summed E-state index contributed by atoms with van der Waals surface area (Å²) in [4.78, 5) is 107. The zero-order chi connectivity index (χ0) is 78.9. The molecule has 29 heteroatoms. The highest BCUT2D eigenvalue weighted by molar-refractivity contribution is 7.91. The summed E-state index contributed by atoms with van der Waals surface area (Å²) in [7, 11) is -7.16. The number of hydrogen-bond donors (Lipinski definition) is 6. The molecule has 4 fully saturated rings. The van der Waals surface area contributed by atoms with Gasteiger partial charge in [-0.1, -0.05) is 113 Å². The first kappa shape index (κ1) is 84.6. The number of carbonyl (C=O) groups excluding carboxylic acids is 6. The van der Waals surface area contributed by atoms with Crippen molar-refractivity contribution in [2.24, 2.45) is 11.7 Å². The van der Waals surface area contributed by atoms with Crippen LogP contribution in [0.4, 0.5) is 4.79 Å². The summed E-state index contributed by atoms with van der Waals surface area (Å²) < 4.78 is 61.4. The summed E-state index contributed by atoms with van der Waals surface area (Å²) in [6.45, 7) is 19.6. The number of ketones is 1. The van der Waals surface area contributed by atoms with Crippen LogP contribution in [0.5, 0.6) is 5.75 Å². The van der Waals surface area contributed by atoms with E-state index in [1.165, 1.54) is 12.3 Å². The third kappa shape index (κ3) is 26.4. The van der Waals surface area contributed by atoms with Crippen LogP contribution in [0.15, 0.2) is 229 Å². The summed E-state index contributed by atoms with van der Waals surface area (Å²) >= 11 is 0. The van der Waals surface area contributed by atoms with E-state index in [1.807, 2.05) is 72.7 Å². The Kier molecular flexibility index (Phi) is 32.7. The first-order chi connectivity index (χ1) is 52.4. The summed E-state index contributed by atoms with van der Waals surface area (Å²) in [5, 5.41) is 21.8. The molecular weight excluding hydrogens is 1430 g/mol. The largest absolute Gasteiger partial charge is 0.477 e. The van der Waals surface area contributed by atoms with E-state index in [2.05, 4.69) is 51.2 Å². The predicted octanol–water partition coefficient (Wildman–Crippen LogP) is 9.66. The number of fused-ring (bicyclic) bond motifs is 2. The molecule has 6 aromatic heterocycles. The van der Waals surface area contributed by atoms with Gasteiger partial charge in [0, 0.05) is 124 Å². The van der Waals surface area contributed by atoms with Crippen molar-refractivity contribution < 1.29 is 65.0 Å². The smallest absolute Gasteiger partial charge is 0.410 e. The SMILES string of the molecule is CC.CC.CC(C)(C)OC(=O)N1CC(N)C1.O=C(CC1CN(C(=O)c2ccc(CS(=O)(=O)c3cccc4cccnc34)cc2)C1)c1ccccn1.O=C(NC1CNC1)c1ccccn1.O=C(NC1CNC1)c1ccccn1.O=C(O)c1ccccn1.O=COc1ccc(CS(=O)(=O)c2cccc3cccnc23)cc1. The molecule has 27 nitrogen and oxygen atoms in total. The Balaban J connectivity index is 0.000000193. The zero-order valence-electron chi connectivity index (χ0n) is 61.7. The van der Waals surface area contributed by atoms with Crippen molar-refractivity contribution in [3.63, 3.8) is 0 Å². The molecule has 109 heavy (non-hydrogen) atoms.